The molecule has 1 aromatic carbocycles. The van der Waals surface area contributed by atoms with E-state index in [1.807, 2.05) is 32.0 Å². The minimum absolute atomic E-state index is 0.261. The molecule has 0 atom stereocenters. The van der Waals surface area contributed by atoms with Crippen LogP contribution in [0.15, 0.2) is 35.1 Å². The van der Waals surface area contributed by atoms with Gasteiger partial charge >= 0.3 is 5.69 Å². The lowest BCUT2D eigenvalue weighted by atomic mass is 10.1. The zero-order valence-corrected chi connectivity index (χ0v) is 10.5. The maximum atomic E-state index is 11.5. The molecule has 0 saturated carbocycles. The van der Waals surface area contributed by atoms with E-state index in [0.29, 0.717) is 10.7 Å². The Morgan fingerprint density at radius 1 is 1.24 bits per heavy atom. The third kappa shape index (κ3) is 2.74. The normalized spacial score (nSPS) is 10.8. The number of H-pyrrole nitrogens is 1. The van der Waals surface area contributed by atoms with E-state index in [4.69, 9.17) is 11.6 Å². The smallest absolute Gasteiger partial charge is 0.310 e. The van der Waals surface area contributed by atoms with E-state index in [2.05, 4.69) is 9.97 Å². The molecule has 0 aliphatic carbocycles. The van der Waals surface area contributed by atoms with Gasteiger partial charge in [0.25, 0.3) is 0 Å². The number of aromatic nitrogens is 2. The fraction of sp³-hybridized carbons (Fsp3) is 0.231. The first-order chi connectivity index (χ1) is 8.06. The van der Waals surface area contributed by atoms with Gasteiger partial charge in [0.05, 0.1) is 5.69 Å². The average molecular weight is 249 g/mol. The predicted molar refractivity (Wildman–Crippen MR) is 69.4 cm³/mol. The Bertz CT molecular complexity index is 573. The molecule has 0 aliphatic heterocycles. The first-order valence-corrected chi connectivity index (χ1v) is 5.81. The van der Waals surface area contributed by atoms with Gasteiger partial charge in [-0.3, -0.25) is 0 Å². The molecule has 0 spiro atoms. The molecule has 0 bridgehead atoms. The van der Waals surface area contributed by atoms with E-state index in [9.17, 15) is 4.79 Å². The summed E-state index contributed by atoms with van der Waals surface area (Å²) < 4.78 is 0. The Hall–Kier alpha value is -1.61. The van der Waals surface area contributed by atoms with E-state index >= 15 is 0 Å². The lowest BCUT2D eigenvalue weighted by Gasteiger charge is -2.07. The maximum absolute atomic E-state index is 11.5. The topological polar surface area (TPSA) is 45.8 Å². The summed E-state index contributed by atoms with van der Waals surface area (Å²) in [6.07, 6.45) is 0. The molecule has 88 valence electrons. The first-order valence-electron chi connectivity index (χ1n) is 5.43. The molecule has 2 rings (SSSR count). The summed E-state index contributed by atoms with van der Waals surface area (Å²) in [5.74, 6) is 0.261. The largest absolute Gasteiger partial charge is 0.345 e. The minimum Gasteiger partial charge on any atom is -0.310 e. The van der Waals surface area contributed by atoms with Crippen molar-refractivity contribution in [2.45, 2.75) is 19.8 Å². The van der Waals surface area contributed by atoms with Gasteiger partial charge in [0.15, 0.2) is 0 Å². The van der Waals surface area contributed by atoms with Crippen LogP contribution in [-0.4, -0.2) is 9.97 Å². The van der Waals surface area contributed by atoms with Crippen LogP contribution in [0.3, 0.4) is 0 Å². The summed E-state index contributed by atoms with van der Waals surface area (Å²) in [7, 11) is 0. The number of halogens is 1. The molecular formula is C13H13ClN2O. The van der Waals surface area contributed by atoms with Gasteiger partial charge in [-0.15, -0.1) is 0 Å². The van der Waals surface area contributed by atoms with Crippen LogP contribution in [0, 0.1) is 0 Å². The van der Waals surface area contributed by atoms with Crippen LogP contribution in [0.1, 0.15) is 25.5 Å². The second-order valence-electron chi connectivity index (χ2n) is 4.19. The zero-order chi connectivity index (χ0) is 12.4. The average Bonchev–Trinajstić information content (AvgIpc) is 2.29. The predicted octanol–water partition coefficient (Wildman–Crippen LogP) is 3.21. The molecular weight excluding hydrogens is 236 g/mol. The molecule has 17 heavy (non-hydrogen) atoms. The number of nitrogens with one attached hydrogen (secondary N) is 1. The molecule has 0 aliphatic rings. The highest BCUT2D eigenvalue weighted by molar-refractivity contribution is 6.30. The van der Waals surface area contributed by atoms with Gasteiger partial charge in [-0.1, -0.05) is 37.6 Å². The lowest BCUT2D eigenvalue weighted by molar-refractivity contribution is 0.803. The Balaban J connectivity index is 2.52. The lowest BCUT2D eigenvalue weighted by Crippen LogP contribution is -2.14. The highest BCUT2D eigenvalue weighted by atomic mass is 35.5. The summed E-state index contributed by atoms with van der Waals surface area (Å²) in [4.78, 5) is 18.2. The number of rotatable bonds is 2. The molecule has 1 aromatic heterocycles. The Morgan fingerprint density at radius 3 is 2.47 bits per heavy atom. The van der Waals surface area contributed by atoms with Gasteiger partial charge in [0.1, 0.15) is 0 Å². The summed E-state index contributed by atoms with van der Waals surface area (Å²) in [5, 5.41) is 0.669. The SMILES string of the molecule is CC(C)c1cc(-c2ccc(Cl)cc2)nc(=O)[nH]1. The monoisotopic (exact) mass is 248 g/mol. The van der Waals surface area contributed by atoms with Crippen LogP contribution in [0.4, 0.5) is 0 Å². The second-order valence-corrected chi connectivity index (χ2v) is 4.62. The minimum atomic E-state index is -0.318. The van der Waals surface area contributed by atoms with E-state index in [0.717, 1.165) is 11.3 Å². The quantitative estimate of drug-likeness (QED) is 0.887. The van der Waals surface area contributed by atoms with Gasteiger partial charge in [-0.25, -0.2) is 4.79 Å². The molecule has 0 radical (unpaired) electrons. The highest BCUT2D eigenvalue weighted by Gasteiger charge is 2.06. The van der Waals surface area contributed by atoms with Gasteiger partial charge in [-0.2, -0.15) is 4.98 Å². The van der Waals surface area contributed by atoms with Crippen molar-refractivity contribution >= 4 is 11.6 Å². The van der Waals surface area contributed by atoms with Gasteiger partial charge < -0.3 is 4.98 Å². The molecule has 3 nitrogen and oxygen atoms in total. The van der Waals surface area contributed by atoms with Crippen LogP contribution < -0.4 is 5.69 Å². The third-order valence-electron chi connectivity index (χ3n) is 2.53. The third-order valence-corrected chi connectivity index (χ3v) is 2.78. The molecule has 4 heteroatoms. The van der Waals surface area contributed by atoms with Crippen LogP contribution in [0.5, 0.6) is 0 Å². The van der Waals surface area contributed by atoms with Crippen molar-refractivity contribution in [3.05, 3.63) is 51.5 Å². The van der Waals surface area contributed by atoms with Crippen LogP contribution in [0.25, 0.3) is 11.3 Å². The molecule has 0 fully saturated rings. The van der Waals surface area contributed by atoms with Crippen molar-refractivity contribution in [2.75, 3.05) is 0 Å². The van der Waals surface area contributed by atoms with Crippen LogP contribution >= 0.6 is 11.6 Å². The second kappa shape index (κ2) is 4.72. The zero-order valence-electron chi connectivity index (χ0n) is 9.70. The molecule has 0 saturated heterocycles. The summed E-state index contributed by atoms with van der Waals surface area (Å²) in [5.41, 5.74) is 2.13. The van der Waals surface area contributed by atoms with Gasteiger partial charge in [0.2, 0.25) is 0 Å². The van der Waals surface area contributed by atoms with Crippen molar-refractivity contribution in [1.82, 2.24) is 9.97 Å². The van der Waals surface area contributed by atoms with Crippen molar-refractivity contribution in [3.63, 3.8) is 0 Å². The van der Waals surface area contributed by atoms with Crippen LogP contribution in [-0.2, 0) is 0 Å². The fourth-order valence-corrected chi connectivity index (χ4v) is 1.68. The summed E-state index contributed by atoms with van der Waals surface area (Å²) in [6, 6.07) is 9.18. The Kier molecular flexibility index (Phi) is 3.29. The van der Waals surface area contributed by atoms with Gasteiger partial charge in [-0.05, 0) is 24.1 Å². The molecule has 1 heterocycles. The van der Waals surface area contributed by atoms with Crippen molar-refractivity contribution in [1.29, 1.82) is 0 Å². The number of hydrogen-bond acceptors (Lipinski definition) is 2. The summed E-state index contributed by atoms with van der Waals surface area (Å²) >= 11 is 5.82. The van der Waals surface area contributed by atoms with E-state index in [1.54, 1.807) is 12.1 Å². The van der Waals surface area contributed by atoms with Gasteiger partial charge in [0, 0.05) is 16.3 Å². The number of benzene rings is 1. The molecule has 0 unspecified atom stereocenters. The van der Waals surface area contributed by atoms with E-state index in [-0.39, 0.29) is 11.6 Å². The highest BCUT2D eigenvalue weighted by Crippen LogP contribution is 2.20. The van der Waals surface area contributed by atoms with E-state index < -0.39 is 0 Å². The molecule has 1 N–H and O–H groups in total. The fourth-order valence-electron chi connectivity index (χ4n) is 1.56. The number of hydrogen-bond donors (Lipinski definition) is 1. The molecule has 2 aromatic rings. The standard InChI is InChI=1S/C13H13ClN2O/c1-8(2)11-7-12(16-13(17)15-11)9-3-5-10(14)6-4-9/h3-8H,1-2H3,(H,15,16,17). The number of aromatic amines is 1. The maximum Gasteiger partial charge on any atom is 0.345 e. The molecule has 0 amide bonds. The van der Waals surface area contributed by atoms with E-state index in [1.165, 1.54) is 0 Å². The van der Waals surface area contributed by atoms with Crippen molar-refractivity contribution in [2.24, 2.45) is 0 Å². The van der Waals surface area contributed by atoms with Crippen molar-refractivity contribution < 1.29 is 0 Å². The number of nitrogens with zero attached hydrogens (tertiary/aromatic N) is 1. The Morgan fingerprint density at radius 2 is 1.88 bits per heavy atom. The summed E-state index contributed by atoms with van der Waals surface area (Å²) in [6.45, 7) is 4.05. The van der Waals surface area contributed by atoms with Crippen molar-refractivity contribution in [3.8, 4) is 11.3 Å². The van der Waals surface area contributed by atoms with Crippen LogP contribution in [0.2, 0.25) is 5.02 Å². The Labute approximate surface area is 104 Å². The first kappa shape index (κ1) is 11.9.